The Kier molecular flexibility index (Phi) is 3.48. The molecule has 3 nitrogen and oxygen atoms in total. The van der Waals surface area contributed by atoms with Gasteiger partial charge >= 0.3 is 5.97 Å². The number of likely N-dealkylation sites (tertiary alicyclic amines) is 1. The quantitative estimate of drug-likeness (QED) is 0.870. The van der Waals surface area contributed by atoms with Crippen molar-refractivity contribution >= 4 is 5.97 Å². The second-order valence-electron chi connectivity index (χ2n) is 4.96. The van der Waals surface area contributed by atoms with E-state index in [1.807, 2.05) is 6.07 Å². The summed E-state index contributed by atoms with van der Waals surface area (Å²) in [5.74, 6) is -0.257. The highest BCUT2D eigenvalue weighted by Gasteiger charge is 2.31. The van der Waals surface area contributed by atoms with E-state index in [2.05, 4.69) is 36.9 Å². The smallest absolute Gasteiger partial charge is 0.317 e. The van der Waals surface area contributed by atoms with Gasteiger partial charge in [-0.2, -0.15) is 0 Å². The Morgan fingerprint density at radius 3 is 2.82 bits per heavy atom. The molecule has 0 bridgehead atoms. The average Bonchev–Trinajstić information content (AvgIpc) is 2.60. The van der Waals surface area contributed by atoms with Crippen LogP contribution in [0.2, 0.25) is 0 Å². The van der Waals surface area contributed by atoms with E-state index in [0.717, 1.165) is 13.0 Å². The van der Waals surface area contributed by atoms with Crippen LogP contribution in [0, 0.1) is 6.92 Å². The van der Waals surface area contributed by atoms with Crippen molar-refractivity contribution in [2.24, 2.45) is 0 Å². The van der Waals surface area contributed by atoms with Gasteiger partial charge in [0.25, 0.3) is 0 Å². The zero-order valence-corrected chi connectivity index (χ0v) is 10.4. The summed E-state index contributed by atoms with van der Waals surface area (Å²) in [5, 5.41) is 8.86. The number of hydrogen-bond acceptors (Lipinski definition) is 2. The zero-order valence-electron chi connectivity index (χ0n) is 10.4. The Bertz CT molecular complexity index is 416. The normalized spacial score (nSPS) is 25.1. The Hall–Kier alpha value is -1.35. The molecule has 1 aliphatic heterocycles. The molecule has 1 aromatic carbocycles. The van der Waals surface area contributed by atoms with Crippen molar-refractivity contribution in [2.45, 2.75) is 32.2 Å². The van der Waals surface area contributed by atoms with Crippen molar-refractivity contribution in [1.29, 1.82) is 0 Å². The highest BCUT2D eigenvalue weighted by molar-refractivity contribution is 5.69. The number of benzene rings is 1. The molecule has 1 aliphatic rings. The van der Waals surface area contributed by atoms with Gasteiger partial charge in [0.05, 0.1) is 6.54 Å². The van der Waals surface area contributed by atoms with Gasteiger partial charge in [-0.25, -0.2) is 0 Å². The number of carboxylic acid groups (broad SMARTS) is 1. The molecule has 2 atom stereocenters. The van der Waals surface area contributed by atoms with Gasteiger partial charge < -0.3 is 5.11 Å². The van der Waals surface area contributed by atoms with E-state index in [4.69, 9.17) is 5.11 Å². The lowest BCUT2D eigenvalue weighted by Crippen LogP contribution is -2.32. The Labute approximate surface area is 102 Å². The van der Waals surface area contributed by atoms with Crippen molar-refractivity contribution in [1.82, 2.24) is 4.90 Å². The Morgan fingerprint density at radius 2 is 2.18 bits per heavy atom. The summed E-state index contributed by atoms with van der Waals surface area (Å²) in [6.07, 6.45) is 1.05. The predicted octanol–water partition coefficient (Wildman–Crippen LogP) is 2.26. The third-order valence-corrected chi connectivity index (χ3v) is 3.67. The molecule has 1 saturated heterocycles. The van der Waals surface area contributed by atoms with Crippen LogP contribution in [0.25, 0.3) is 0 Å². The van der Waals surface area contributed by atoms with Crippen molar-refractivity contribution in [2.75, 3.05) is 13.1 Å². The van der Waals surface area contributed by atoms with E-state index in [1.165, 1.54) is 11.1 Å². The lowest BCUT2D eigenvalue weighted by atomic mass is 9.93. The largest absolute Gasteiger partial charge is 0.480 e. The topological polar surface area (TPSA) is 40.5 Å². The first-order valence-electron chi connectivity index (χ1n) is 6.09. The van der Waals surface area contributed by atoms with Crippen LogP contribution < -0.4 is 0 Å². The van der Waals surface area contributed by atoms with Crippen molar-refractivity contribution in [3.63, 3.8) is 0 Å². The summed E-state index contributed by atoms with van der Waals surface area (Å²) in [5.41, 5.74) is 2.68. The highest BCUT2D eigenvalue weighted by Crippen LogP contribution is 2.32. The van der Waals surface area contributed by atoms with E-state index >= 15 is 0 Å². The van der Waals surface area contributed by atoms with E-state index in [-0.39, 0.29) is 6.54 Å². The van der Waals surface area contributed by atoms with Crippen LogP contribution in [-0.2, 0) is 4.79 Å². The summed E-state index contributed by atoms with van der Waals surface area (Å²) in [7, 11) is 0. The monoisotopic (exact) mass is 233 g/mol. The van der Waals surface area contributed by atoms with Crippen LogP contribution in [0.3, 0.4) is 0 Å². The first-order chi connectivity index (χ1) is 8.08. The minimum Gasteiger partial charge on any atom is -0.480 e. The standard InChI is InChI=1S/C14H19NO2/c1-10-5-3-4-6-13(10)12-7-11(2)15(8-12)9-14(16)17/h3-6,11-12H,7-9H2,1-2H3,(H,16,17)/t11-,12-/m1/s1. The van der Waals surface area contributed by atoms with E-state index in [0.29, 0.717) is 12.0 Å². The summed E-state index contributed by atoms with van der Waals surface area (Å²) in [4.78, 5) is 12.8. The molecule has 3 heteroatoms. The van der Waals surface area contributed by atoms with E-state index in [1.54, 1.807) is 0 Å². The molecule has 92 valence electrons. The molecular weight excluding hydrogens is 214 g/mol. The molecule has 1 heterocycles. The molecule has 0 aromatic heterocycles. The summed E-state index contributed by atoms with van der Waals surface area (Å²) in [6.45, 7) is 5.25. The number of aryl methyl sites for hydroxylation is 1. The lowest BCUT2D eigenvalue weighted by molar-refractivity contribution is -0.138. The summed E-state index contributed by atoms with van der Waals surface area (Å²) >= 11 is 0. The molecule has 0 saturated carbocycles. The first kappa shape index (κ1) is 12.1. The van der Waals surface area contributed by atoms with Crippen molar-refractivity contribution < 1.29 is 9.90 Å². The zero-order chi connectivity index (χ0) is 12.4. The molecule has 0 radical (unpaired) electrons. The van der Waals surface area contributed by atoms with Crippen LogP contribution in [0.15, 0.2) is 24.3 Å². The number of carbonyl (C=O) groups is 1. The van der Waals surface area contributed by atoms with Gasteiger partial charge in [-0.05, 0) is 37.3 Å². The van der Waals surface area contributed by atoms with Crippen LogP contribution in [0.4, 0.5) is 0 Å². The number of hydrogen-bond donors (Lipinski definition) is 1. The van der Waals surface area contributed by atoms with Crippen LogP contribution in [0.5, 0.6) is 0 Å². The maximum absolute atomic E-state index is 10.8. The van der Waals surface area contributed by atoms with Gasteiger partial charge in [0.15, 0.2) is 0 Å². The molecule has 1 aromatic rings. The summed E-state index contributed by atoms with van der Waals surface area (Å²) < 4.78 is 0. The van der Waals surface area contributed by atoms with Crippen LogP contribution in [-0.4, -0.2) is 35.1 Å². The second kappa shape index (κ2) is 4.88. The third kappa shape index (κ3) is 2.67. The first-order valence-corrected chi connectivity index (χ1v) is 6.09. The van der Waals surface area contributed by atoms with Gasteiger partial charge in [0, 0.05) is 12.6 Å². The molecule has 0 spiro atoms. The van der Waals surface area contributed by atoms with E-state index in [9.17, 15) is 4.79 Å². The maximum atomic E-state index is 10.8. The molecule has 0 unspecified atom stereocenters. The number of nitrogens with zero attached hydrogens (tertiary/aromatic N) is 1. The third-order valence-electron chi connectivity index (χ3n) is 3.67. The van der Waals surface area contributed by atoms with E-state index < -0.39 is 5.97 Å². The molecule has 1 N–H and O–H groups in total. The van der Waals surface area contributed by atoms with Crippen LogP contribution in [0.1, 0.15) is 30.4 Å². The molecule has 2 rings (SSSR count). The van der Waals surface area contributed by atoms with Crippen LogP contribution >= 0.6 is 0 Å². The fraction of sp³-hybridized carbons (Fsp3) is 0.500. The molecule has 0 aliphatic carbocycles. The molecular formula is C14H19NO2. The average molecular weight is 233 g/mol. The van der Waals surface area contributed by atoms with Gasteiger partial charge in [-0.15, -0.1) is 0 Å². The maximum Gasteiger partial charge on any atom is 0.317 e. The summed E-state index contributed by atoms with van der Waals surface area (Å²) in [6, 6.07) is 8.76. The van der Waals surface area contributed by atoms with Gasteiger partial charge in [-0.3, -0.25) is 9.69 Å². The molecule has 17 heavy (non-hydrogen) atoms. The lowest BCUT2D eigenvalue weighted by Gasteiger charge is -2.18. The van der Waals surface area contributed by atoms with Crippen molar-refractivity contribution in [3.8, 4) is 0 Å². The molecule has 1 fully saturated rings. The number of aliphatic carboxylic acids is 1. The minimum absolute atomic E-state index is 0.156. The number of carboxylic acids is 1. The van der Waals surface area contributed by atoms with Gasteiger partial charge in [-0.1, -0.05) is 24.3 Å². The molecule has 0 amide bonds. The predicted molar refractivity (Wildman–Crippen MR) is 67.2 cm³/mol. The SMILES string of the molecule is Cc1ccccc1[C@@H]1C[C@@H](C)N(CC(=O)O)C1. The highest BCUT2D eigenvalue weighted by atomic mass is 16.4. The Balaban J connectivity index is 2.11. The minimum atomic E-state index is -0.734. The fourth-order valence-corrected chi connectivity index (χ4v) is 2.76. The fourth-order valence-electron chi connectivity index (χ4n) is 2.76. The van der Waals surface area contributed by atoms with Gasteiger partial charge in [0.2, 0.25) is 0 Å². The van der Waals surface area contributed by atoms with Gasteiger partial charge in [0.1, 0.15) is 0 Å². The second-order valence-corrected chi connectivity index (χ2v) is 4.96. The Morgan fingerprint density at radius 1 is 1.47 bits per heavy atom. The number of rotatable bonds is 3. The van der Waals surface area contributed by atoms with Crippen molar-refractivity contribution in [3.05, 3.63) is 35.4 Å².